The number of pyridine rings is 1. The van der Waals surface area contributed by atoms with Gasteiger partial charge in [-0.15, -0.1) is 0 Å². The molecule has 2 aromatic carbocycles. The molecule has 5 aromatic rings. The molecule has 0 aliphatic rings. The zero-order valence-corrected chi connectivity index (χ0v) is 21.7. The van der Waals surface area contributed by atoms with Crippen LogP contribution < -0.4 is 19.5 Å². The van der Waals surface area contributed by atoms with Crippen LogP contribution in [-0.2, 0) is 6.54 Å². The molecule has 1 N–H and O–H groups in total. The van der Waals surface area contributed by atoms with E-state index >= 15 is 0 Å². The van der Waals surface area contributed by atoms with Crippen LogP contribution in [0.3, 0.4) is 0 Å². The number of fused-ring (bicyclic) bond motifs is 1. The van der Waals surface area contributed by atoms with Crippen molar-refractivity contribution in [1.29, 1.82) is 0 Å². The molecule has 3 aromatic heterocycles. The summed E-state index contributed by atoms with van der Waals surface area (Å²) in [6.45, 7) is 0.613. The SMILES string of the molecule is COc1cc(OC)c(Cl)c(-c2ccc(OC(=O)Nc3ccc(Cn4ccnc4)cn3)c3nccnc23)c1Cl. The van der Waals surface area contributed by atoms with E-state index in [0.717, 1.165) is 5.56 Å². The number of anilines is 1. The lowest BCUT2D eigenvalue weighted by Gasteiger charge is -2.16. The summed E-state index contributed by atoms with van der Waals surface area (Å²) in [5, 5.41) is 3.18. The zero-order valence-electron chi connectivity index (χ0n) is 20.2. The van der Waals surface area contributed by atoms with Gasteiger partial charge in [-0.25, -0.2) is 19.7 Å². The number of amides is 1. The van der Waals surface area contributed by atoms with E-state index in [9.17, 15) is 4.79 Å². The minimum atomic E-state index is -0.737. The van der Waals surface area contributed by atoms with Gasteiger partial charge in [-0.05, 0) is 23.8 Å². The van der Waals surface area contributed by atoms with Crippen LogP contribution in [0.1, 0.15) is 5.56 Å². The second-order valence-electron chi connectivity index (χ2n) is 7.95. The smallest absolute Gasteiger partial charge is 0.418 e. The molecule has 38 heavy (non-hydrogen) atoms. The fraction of sp³-hybridized carbons (Fsp3) is 0.115. The predicted molar refractivity (Wildman–Crippen MR) is 143 cm³/mol. The van der Waals surface area contributed by atoms with Gasteiger partial charge >= 0.3 is 6.09 Å². The van der Waals surface area contributed by atoms with Crippen molar-refractivity contribution in [2.24, 2.45) is 0 Å². The first-order valence-electron chi connectivity index (χ1n) is 11.2. The van der Waals surface area contributed by atoms with Crippen molar-refractivity contribution in [2.75, 3.05) is 19.5 Å². The van der Waals surface area contributed by atoms with E-state index in [1.807, 2.05) is 16.8 Å². The van der Waals surface area contributed by atoms with Gasteiger partial charge in [0.25, 0.3) is 0 Å². The first kappa shape index (κ1) is 25.2. The van der Waals surface area contributed by atoms with Crippen molar-refractivity contribution < 1.29 is 19.0 Å². The van der Waals surface area contributed by atoms with Crippen molar-refractivity contribution in [3.63, 3.8) is 0 Å². The highest BCUT2D eigenvalue weighted by molar-refractivity contribution is 6.41. The van der Waals surface area contributed by atoms with E-state index in [1.54, 1.807) is 43.0 Å². The van der Waals surface area contributed by atoms with Crippen LogP contribution in [0, 0.1) is 0 Å². The number of halogens is 2. The Bertz CT molecular complexity index is 1580. The standard InChI is InChI=1S/C26H20Cl2N6O4/c1-36-18-11-19(37-2)23(28)21(22(18)27)16-4-5-17(25-24(16)30-7-8-31-25)38-26(35)33-20-6-3-15(12-32-20)13-34-10-9-29-14-34/h3-12,14H,13H2,1-2H3,(H,32,33,35). The molecule has 0 fully saturated rings. The van der Waals surface area contributed by atoms with Crippen LogP contribution in [0.2, 0.25) is 10.0 Å². The third kappa shape index (κ3) is 5.04. The average molecular weight is 551 g/mol. The minimum absolute atomic E-state index is 0.188. The molecule has 5 rings (SSSR count). The maximum Gasteiger partial charge on any atom is 0.418 e. The summed E-state index contributed by atoms with van der Waals surface area (Å²) < 4.78 is 18.3. The highest BCUT2D eigenvalue weighted by atomic mass is 35.5. The van der Waals surface area contributed by atoms with Gasteiger partial charge in [0.15, 0.2) is 5.75 Å². The lowest BCUT2D eigenvalue weighted by molar-refractivity contribution is 0.215. The Labute approximate surface area is 227 Å². The zero-order chi connectivity index (χ0) is 26.6. The normalized spacial score (nSPS) is 10.8. The molecule has 0 bridgehead atoms. The van der Waals surface area contributed by atoms with Gasteiger partial charge in [-0.3, -0.25) is 10.3 Å². The van der Waals surface area contributed by atoms with E-state index in [-0.39, 0.29) is 15.8 Å². The Morgan fingerprint density at radius 1 is 0.921 bits per heavy atom. The predicted octanol–water partition coefficient (Wildman–Crippen LogP) is 5.87. The number of hydrogen-bond acceptors (Lipinski definition) is 8. The van der Waals surface area contributed by atoms with Crippen molar-refractivity contribution in [1.82, 2.24) is 24.5 Å². The summed E-state index contributed by atoms with van der Waals surface area (Å²) in [6, 6.07) is 8.42. The van der Waals surface area contributed by atoms with E-state index < -0.39 is 6.09 Å². The Balaban J connectivity index is 1.42. The van der Waals surface area contributed by atoms with E-state index in [4.69, 9.17) is 37.4 Å². The summed E-state index contributed by atoms with van der Waals surface area (Å²) in [5.74, 6) is 1.28. The number of hydrogen-bond donors (Lipinski definition) is 1. The summed E-state index contributed by atoms with van der Waals surface area (Å²) >= 11 is 13.2. The fourth-order valence-electron chi connectivity index (χ4n) is 3.85. The number of nitrogens with one attached hydrogen (secondary N) is 1. The number of carbonyl (C=O) groups excluding carboxylic acids is 1. The van der Waals surface area contributed by atoms with Crippen LogP contribution in [-0.4, -0.2) is 44.8 Å². The van der Waals surface area contributed by atoms with Crippen LogP contribution in [0.4, 0.5) is 10.6 Å². The van der Waals surface area contributed by atoms with Gasteiger partial charge in [0.05, 0.1) is 30.6 Å². The van der Waals surface area contributed by atoms with Crippen molar-refractivity contribution in [3.05, 3.63) is 83.3 Å². The van der Waals surface area contributed by atoms with Gasteiger partial charge in [0.2, 0.25) is 0 Å². The van der Waals surface area contributed by atoms with Crippen LogP contribution >= 0.6 is 23.2 Å². The number of rotatable bonds is 7. The molecule has 3 heterocycles. The van der Waals surface area contributed by atoms with Crippen LogP contribution in [0.5, 0.6) is 17.2 Å². The average Bonchev–Trinajstić information content (AvgIpc) is 3.44. The first-order valence-corrected chi connectivity index (χ1v) is 12.0. The van der Waals surface area contributed by atoms with Gasteiger partial charge in [0, 0.05) is 54.7 Å². The Hall–Kier alpha value is -4.41. The largest absolute Gasteiger partial charge is 0.495 e. The van der Waals surface area contributed by atoms with Gasteiger partial charge in [-0.2, -0.15) is 0 Å². The molecular weight excluding hydrogens is 531 g/mol. The number of methoxy groups -OCH3 is 2. The molecule has 0 saturated carbocycles. The topological polar surface area (TPSA) is 113 Å². The molecule has 0 unspecified atom stereocenters. The summed E-state index contributed by atoms with van der Waals surface area (Å²) in [4.78, 5) is 29.8. The first-order chi connectivity index (χ1) is 18.5. The number of carbonyl (C=O) groups is 1. The molecule has 12 heteroatoms. The molecule has 0 aliphatic carbocycles. The third-order valence-electron chi connectivity index (χ3n) is 5.61. The Morgan fingerprint density at radius 2 is 1.66 bits per heavy atom. The van der Waals surface area contributed by atoms with E-state index in [0.29, 0.717) is 46.0 Å². The highest BCUT2D eigenvalue weighted by Gasteiger charge is 2.22. The second kappa shape index (κ2) is 10.9. The molecule has 0 spiro atoms. The molecule has 192 valence electrons. The molecule has 10 nitrogen and oxygen atoms in total. The number of benzene rings is 2. The molecule has 0 radical (unpaired) electrons. The number of imidazole rings is 1. The number of ether oxygens (including phenoxy) is 3. The molecule has 1 amide bonds. The summed E-state index contributed by atoms with van der Waals surface area (Å²) in [6.07, 6.45) is 9.22. The van der Waals surface area contributed by atoms with Crippen molar-refractivity contribution >= 4 is 46.1 Å². The Morgan fingerprint density at radius 3 is 2.29 bits per heavy atom. The minimum Gasteiger partial charge on any atom is -0.495 e. The lowest BCUT2D eigenvalue weighted by atomic mass is 10.0. The monoisotopic (exact) mass is 550 g/mol. The number of nitrogens with zero attached hydrogens (tertiary/aromatic N) is 5. The van der Waals surface area contributed by atoms with Crippen molar-refractivity contribution in [3.8, 4) is 28.4 Å². The quantitative estimate of drug-likeness (QED) is 0.267. The van der Waals surface area contributed by atoms with Crippen LogP contribution in [0.25, 0.3) is 22.2 Å². The Kier molecular flexibility index (Phi) is 7.25. The maximum atomic E-state index is 12.7. The molecule has 0 aliphatic heterocycles. The summed E-state index contributed by atoms with van der Waals surface area (Å²) in [5.41, 5.74) is 2.70. The van der Waals surface area contributed by atoms with E-state index in [1.165, 1.54) is 26.6 Å². The maximum absolute atomic E-state index is 12.7. The van der Waals surface area contributed by atoms with Gasteiger partial charge in [-0.1, -0.05) is 29.3 Å². The van der Waals surface area contributed by atoms with Gasteiger partial charge in [0.1, 0.15) is 28.4 Å². The third-order valence-corrected chi connectivity index (χ3v) is 6.36. The second-order valence-corrected chi connectivity index (χ2v) is 8.71. The molecule has 0 saturated heterocycles. The molecular formula is C26H20Cl2N6O4. The van der Waals surface area contributed by atoms with Gasteiger partial charge < -0.3 is 18.8 Å². The van der Waals surface area contributed by atoms with Crippen LogP contribution in [0.15, 0.2) is 67.6 Å². The highest BCUT2D eigenvalue weighted by Crippen LogP contribution is 2.47. The van der Waals surface area contributed by atoms with E-state index in [2.05, 4.69) is 25.3 Å². The fourth-order valence-corrected chi connectivity index (χ4v) is 4.56. The number of aromatic nitrogens is 5. The molecule has 0 atom stereocenters. The summed E-state index contributed by atoms with van der Waals surface area (Å²) in [7, 11) is 2.99. The van der Waals surface area contributed by atoms with Crippen molar-refractivity contribution in [2.45, 2.75) is 6.54 Å². The lowest BCUT2D eigenvalue weighted by Crippen LogP contribution is -2.18.